The first-order valence-electron chi connectivity index (χ1n) is 5.43. The lowest BCUT2D eigenvalue weighted by Crippen LogP contribution is -2.34. The van der Waals surface area contributed by atoms with E-state index < -0.39 is 0 Å². The van der Waals surface area contributed by atoms with E-state index in [0.717, 1.165) is 11.1 Å². The van der Waals surface area contributed by atoms with Gasteiger partial charge in [-0.25, -0.2) is 0 Å². The maximum atomic E-state index is 11.3. The van der Waals surface area contributed by atoms with Crippen molar-refractivity contribution in [2.75, 3.05) is 7.05 Å². The van der Waals surface area contributed by atoms with Gasteiger partial charge in [0.25, 0.3) is 0 Å². The molecule has 90 valence electrons. The normalized spacial score (nSPS) is 11.6. The van der Waals surface area contributed by atoms with Gasteiger partial charge in [0.1, 0.15) is 5.78 Å². The second-order valence-electron chi connectivity index (χ2n) is 3.86. The number of benzene rings is 1. The number of carbonyl (C=O) groups excluding carboxylic acids is 1. The third-order valence-corrected chi connectivity index (χ3v) is 2.62. The number of azide groups is 1. The fourth-order valence-electron chi connectivity index (χ4n) is 1.58. The van der Waals surface area contributed by atoms with Gasteiger partial charge in [-0.1, -0.05) is 29.4 Å². The molecule has 0 aliphatic rings. The van der Waals surface area contributed by atoms with Gasteiger partial charge in [-0.3, -0.25) is 4.79 Å². The Labute approximate surface area is 100 Å². The van der Waals surface area contributed by atoms with Gasteiger partial charge < -0.3 is 5.32 Å². The molecule has 1 aromatic rings. The van der Waals surface area contributed by atoms with E-state index in [2.05, 4.69) is 15.3 Å². The number of likely N-dealkylation sites (N-methyl/N-ethyl adjacent to an activating group) is 1. The van der Waals surface area contributed by atoms with Gasteiger partial charge in [0.15, 0.2) is 0 Å². The van der Waals surface area contributed by atoms with Crippen molar-refractivity contribution >= 4 is 5.78 Å². The van der Waals surface area contributed by atoms with Crippen molar-refractivity contribution in [2.45, 2.75) is 25.9 Å². The minimum Gasteiger partial charge on any atom is -0.310 e. The maximum Gasteiger partial charge on any atom is 0.147 e. The molecule has 0 saturated heterocycles. The summed E-state index contributed by atoms with van der Waals surface area (Å²) in [6.07, 6.45) is 0.674. The van der Waals surface area contributed by atoms with Crippen LogP contribution < -0.4 is 5.32 Å². The van der Waals surface area contributed by atoms with E-state index in [1.165, 1.54) is 0 Å². The Morgan fingerprint density at radius 2 is 2.00 bits per heavy atom. The van der Waals surface area contributed by atoms with Crippen LogP contribution >= 0.6 is 0 Å². The largest absolute Gasteiger partial charge is 0.310 e. The van der Waals surface area contributed by atoms with Crippen molar-refractivity contribution in [2.24, 2.45) is 5.11 Å². The molecule has 0 heterocycles. The summed E-state index contributed by atoms with van der Waals surface area (Å²) in [6, 6.07) is 7.59. The van der Waals surface area contributed by atoms with Crippen molar-refractivity contribution in [3.8, 4) is 0 Å². The Morgan fingerprint density at radius 1 is 1.41 bits per heavy atom. The molecule has 0 spiro atoms. The molecule has 1 rings (SSSR count). The van der Waals surface area contributed by atoms with Crippen molar-refractivity contribution in [1.29, 1.82) is 0 Å². The van der Waals surface area contributed by atoms with Crippen molar-refractivity contribution in [3.05, 3.63) is 45.8 Å². The van der Waals surface area contributed by atoms with E-state index in [1.807, 2.05) is 24.3 Å². The molecule has 0 bridgehead atoms. The number of nitrogens with zero attached hydrogens (tertiary/aromatic N) is 3. The fourth-order valence-corrected chi connectivity index (χ4v) is 1.58. The Balaban J connectivity index is 2.67. The fraction of sp³-hybridized carbons (Fsp3) is 0.417. The van der Waals surface area contributed by atoms with Crippen molar-refractivity contribution in [1.82, 2.24) is 5.32 Å². The number of nitrogens with one attached hydrogen (secondary N) is 1. The summed E-state index contributed by atoms with van der Waals surface area (Å²) in [4.78, 5) is 14.0. The van der Waals surface area contributed by atoms with Gasteiger partial charge in [0, 0.05) is 4.91 Å². The van der Waals surface area contributed by atoms with Crippen LogP contribution in [0.3, 0.4) is 0 Å². The number of carbonyl (C=O) groups is 1. The number of ketones is 1. The summed E-state index contributed by atoms with van der Waals surface area (Å²) < 4.78 is 0. The van der Waals surface area contributed by atoms with Gasteiger partial charge in [-0.15, -0.1) is 0 Å². The lowest BCUT2D eigenvalue weighted by atomic mass is 10.0. The van der Waals surface area contributed by atoms with Crippen molar-refractivity contribution in [3.63, 3.8) is 0 Å². The predicted octanol–water partition coefficient (Wildman–Crippen LogP) is 2.22. The molecule has 5 nitrogen and oxygen atoms in total. The molecule has 0 aliphatic carbocycles. The molecule has 5 heteroatoms. The van der Waals surface area contributed by atoms with E-state index >= 15 is 0 Å². The zero-order chi connectivity index (χ0) is 12.7. The zero-order valence-electron chi connectivity index (χ0n) is 10.1. The molecule has 0 aliphatic heterocycles. The predicted molar refractivity (Wildman–Crippen MR) is 66.5 cm³/mol. The topological polar surface area (TPSA) is 77.9 Å². The van der Waals surface area contributed by atoms with Crippen LogP contribution in [0.25, 0.3) is 10.4 Å². The van der Waals surface area contributed by atoms with Crippen LogP contribution in [0.15, 0.2) is 29.4 Å². The van der Waals surface area contributed by atoms with E-state index in [4.69, 9.17) is 5.53 Å². The van der Waals surface area contributed by atoms with Gasteiger partial charge in [0.05, 0.1) is 12.6 Å². The summed E-state index contributed by atoms with van der Waals surface area (Å²) in [6.45, 7) is 1.94. The molecule has 1 aromatic carbocycles. The van der Waals surface area contributed by atoms with Crippen LogP contribution in [0.5, 0.6) is 0 Å². The quantitative estimate of drug-likeness (QED) is 0.463. The summed E-state index contributed by atoms with van der Waals surface area (Å²) in [7, 11) is 1.78. The van der Waals surface area contributed by atoms with Crippen LogP contribution in [-0.2, 0) is 17.8 Å². The molecule has 0 radical (unpaired) electrons. The second kappa shape index (κ2) is 6.68. The highest BCUT2D eigenvalue weighted by Crippen LogP contribution is 2.08. The second-order valence-corrected chi connectivity index (χ2v) is 3.86. The lowest BCUT2D eigenvalue weighted by molar-refractivity contribution is -0.118. The molecule has 1 N–H and O–H groups in total. The average molecular weight is 232 g/mol. The van der Waals surface area contributed by atoms with Crippen LogP contribution in [0.1, 0.15) is 18.1 Å². The number of rotatable bonds is 6. The Kier molecular flexibility index (Phi) is 5.20. The smallest absolute Gasteiger partial charge is 0.147 e. The van der Waals surface area contributed by atoms with E-state index in [-0.39, 0.29) is 11.8 Å². The maximum absolute atomic E-state index is 11.3. The Bertz CT molecular complexity index is 421. The molecular formula is C12H16N4O. The van der Waals surface area contributed by atoms with Gasteiger partial charge in [0.2, 0.25) is 0 Å². The van der Waals surface area contributed by atoms with Gasteiger partial charge in [-0.05, 0) is 37.1 Å². The molecule has 0 amide bonds. The van der Waals surface area contributed by atoms with E-state index in [1.54, 1.807) is 14.0 Å². The Hall–Kier alpha value is -1.84. The first-order valence-corrected chi connectivity index (χ1v) is 5.43. The summed E-state index contributed by atoms with van der Waals surface area (Å²) >= 11 is 0. The zero-order valence-corrected chi connectivity index (χ0v) is 10.1. The minimum absolute atomic E-state index is 0.130. The monoisotopic (exact) mass is 232 g/mol. The molecule has 0 unspecified atom stereocenters. The number of Topliss-reactive ketones (excluding diaryl/α,β-unsaturated/α-hetero) is 1. The highest BCUT2D eigenvalue weighted by atomic mass is 16.1. The van der Waals surface area contributed by atoms with Crippen molar-refractivity contribution < 1.29 is 4.79 Å². The molecule has 0 fully saturated rings. The Morgan fingerprint density at radius 3 is 2.47 bits per heavy atom. The summed E-state index contributed by atoms with van der Waals surface area (Å²) in [5, 5.41) is 6.47. The standard InChI is InChI=1S/C12H16N4O/c1-9(17)12(14-2)7-10-3-5-11(6-4-10)8-15-16-13/h3-6,12,14H,7-8H2,1-2H3/t12-/m0/s1. The summed E-state index contributed by atoms with van der Waals surface area (Å²) in [5.41, 5.74) is 10.3. The van der Waals surface area contributed by atoms with Gasteiger partial charge >= 0.3 is 0 Å². The third kappa shape index (κ3) is 4.26. The SMILES string of the molecule is CN[C@@H](Cc1ccc(CN=[N+]=[N-])cc1)C(C)=O. The first kappa shape index (κ1) is 13.2. The number of hydrogen-bond donors (Lipinski definition) is 1. The molecule has 0 aromatic heterocycles. The van der Waals surface area contributed by atoms with Gasteiger partial charge in [-0.2, -0.15) is 0 Å². The molecular weight excluding hydrogens is 216 g/mol. The third-order valence-electron chi connectivity index (χ3n) is 2.62. The molecule has 17 heavy (non-hydrogen) atoms. The minimum atomic E-state index is -0.141. The van der Waals surface area contributed by atoms with E-state index in [9.17, 15) is 4.79 Å². The van der Waals surface area contributed by atoms with Crippen LogP contribution in [-0.4, -0.2) is 18.9 Å². The van der Waals surface area contributed by atoms with Crippen LogP contribution in [0.2, 0.25) is 0 Å². The lowest BCUT2D eigenvalue weighted by Gasteiger charge is -2.12. The first-order chi connectivity index (χ1) is 8.17. The number of hydrogen-bond acceptors (Lipinski definition) is 3. The molecule has 0 saturated carbocycles. The van der Waals surface area contributed by atoms with E-state index in [0.29, 0.717) is 13.0 Å². The average Bonchev–Trinajstić information content (AvgIpc) is 2.34. The highest BCUT2D eigenvalue weighted by Gasteiger charge is 2.11. The highest BCUT2D eigenvalue weighted by molar-refractivity contribution is 5.81. The molecule has 1 atom stereocenters. The summed E-state index contributed by atoms with van der Waals surface area (Å²) in [5.74, 6) is 0.130. The van der Waals surface area contributed by atoms with Crippen LogP contribution in [0, 0.1) is 0 Å². The van der Waals surface area contributed by atoms with Crippen LogP contribution in [0.4, 0.5) is 0 Å².